The number of hydrogen-bond acceptors (Lipinski definition) is 4. The van der Waals surface area contributed by atoms with Crippen LogP contribution in [0.4, 0.5) is 0 Å². The fourth-order valence-corrected chi connectivity index (χ4v) is 3.10. The molecule has 0 amide bonds. The summed E-state index contributed by atoms with van der Waals surface area (Å²) in [7, 11) is 1.53. The van der Waals surface area contributed by atoms with Gasteiger partial charge in [-0.3, -0.25) is 9.69 Å². The summed E-state index contributed by atoms with van der Waals surface area (Å²) in [6.07, 6.45) is 0. The molecule has 118 valence electrons. The van der Waals surface area contributed by atoms with Crippen molar-refractivity contribution in [1.82, 2.24) is 4.90 Å². The molecule has 0 aromatic heterocycles. The van der Waals surface area contributed by atoms with E-state index in [0.29, 0.717) is 21.9 Å². The van der Waals surface area contributed by atoms with Gasteiger partial charge in [0, 0.05) is 30.1 Å². The first-order valence-corrected chi connectivity index (χ1v) is 7.65. The molecule has 0 saturated carbocycles. The topological polar surface area (TPSA) is 53.3 Å². The molecule has 0 spiro atoms. The number of hydrogen-bond donors (Lipinski definition) is 0. The zero-order valence-electron chi connectivity index (χ0n) is 13.7. The summed E-state index contributed by atoms with van der Waals surface area (Å²) >= 11 is 6.22. The Morgan fingerprint density at radius 2 is 2.05 bits per heavy atom. The Kier molecular flexibility index (Phi) is 4.51. The second kappa shape index (κ2) is 5.91. The third-order valence-electron chi connectivity index (χ3n) is 4.20. The van der Waals surface area contributed by atoms with Crippen molar-refractivity contribution in [1.29, 1.82) is 5.26 Å². The molecule has 0 unspecified atom stereocenters. The van der Waals surface area contributed by atoms with Gasteiger partial charge in [-0.25, -0.2) is 0 Å². The number of ether oxygens (including phenoxy) is 1. The largest absolute Gasteiger partial charge is 0.496 e. The molecule has 22 heavy (non-hydrogen) atoms. The van der Waals surface area contributed by atoms with Crippen molar-refractivity contribution >= 4 is 17.4 Å². The minimum atomic E-state index is -0.114. The summed E-state index contributed by atoms with van der Waals surface area (Å²) in [5.74, 6) is 0.532. The third kappa shape index (κ3) is 2.84. The summed E-state index contributed by atoms with van der Waals surface area (Å²) in [6, 6.07) is 3.70. The van der Waals surface area contributed by atoms with Crippen LogP contribution in [0.3, 0.4) is 0 Å². The molecule has 0 aliphatic carbocycles. The summed E-state index contributed by atoms with van der Waals surface area (Å²) in [5, 5.41) is 9.77. The zero-order chi connectivity index (χ0) is 16.7. The summed E-state index contributed by atoms with van der Waals surface area (Å²) in [6.45, 7) is 9.60. The van der Waals surface area contributed by atoms with Crippen LogP contribution in [0.15, 0.2) is 6.07 Å². The van der Waals surface area contributed by atoms with Crippen molar-refractivity contribution in [2.75, 3.05) is 20.2 Å². The molecule has 2 rings (SSSR count). The molecular formula is C17H21ClN2O2. The molecule has 1 saturated heterocycles. The maximum Gasteiger partial charge on any atom is 0.163 e. The van der Waals surface area contributed by atoms with E-state index in [1.807, 2.05) is 0 Å². The number of carbonyl (C=O) groups excluding carboxylic acids is 1. The van der Waals surface area contributed by atoms with Gasteiger partial charge in [-0.15, -0.1) is 0 Å². The number of likely N-dealkylation sites (tertiary alicyclic amines) is 1. The molecule has 1 aromatic carbocycles. The van der Waals surface area contributed by atoms with Crippen molar-refractivity contribution in [2.24, 2.45) is 0 Å². The second-order valence-corrected chi connectivity index (χ2v) is 7.08. The van der Waals surface area contributed by atoms with Gasteiger partial charge in [0.25, 0.3) is 0 Å². The molecule has 1 fully saturated rings. The molecule has 0 bridgehead atoms. The Morgan fingerprint density at radius 1 is 1.45 bits per heavy atom. The van der Waals surface area contributed by atoms with Crippen LogP contribution in [0.25, 0.3) is 0 Å². The van der Waals surface area contributed by atoms with Crippen molar-refractivity contribution < 1.29 is 9.53 Å². The van der Waals surface area contributed by atoms with Crippen LogP contribution in [-0.4, -0.2) is 36.4 Å². The van der Waals surface area contributed by atoms with Gasteiger partial charge in [0.1, 0.15) is 11.8 Å². The molecule has 0 atom stereocenters. The number of carbonyl (C=O) groups is 1. The lowest BCUT2D eigenvalue weighted by atomic mass is 9.83. The molecule has 1 aromatic rings. The average Bonchev–Trinajstić information content (AvgIpc) is 2.34. The molecule has 1 aliphatic rings. The molecule has 0 N–H and O–H groups in total. The van der Waals surface area contributed by atoms with E-state index in [9.17, 15) is 10.1 Å². The molecule has 5 heteroatoms. The van der Waals surface area contributed by atoms with Crippen molar-refractivity contribution in [3.8, 4) is 11.8 Å². The number of benzene rings is 1. The number of nitrogens with zero attached hydrogens (tertiary/aromatic N) is 2. The summed E-state index contributed by atoms with van der Waals surface area (Å²) in [5.41, 5.74) is 1.71. The van der Waals surface area contributed by atoms with Gasteiger partial charge in [-0.2, -0.15) is 5.26 Å². The maximum absolute atomic E-state index is 11.8. The van der Waals surface area contributed by atoms with E-state index in [2.05, 4.69) is 31.7 Å². The van der Waals surface area contributed by atoms with E-state index in [-0.39, 0.29) is 17.2 Å². The lowest BCUT2D eigenvalue weighted by Gasteiger charge is -2.48. The SMILES string of the molecule is COc1c(C(C)=O)cc(Cl)c(C#N)c1C1CN(C(C)(C)C)C1. The number of halogens is 1. The predicted molar refractivity (Wildman–Crippen MR) is 86.8 cm³/mol. The minimum absolute atomic E-state index is 0.0819. The fraction of sp³-hybridized carbons (Fsp3) is 0.529. The molecule has 1 heterocycles. The Bertz CT molecular complexity index is 650. The van der Waals surface area contributed by atoms with Gasteiger partial charge < -0.3 is 4.74 Å². The average molecular weight is 321 g/mol. The Labute approximate surface area is 136 Å². The third-order valence-corrected chi connectivity index (χ3v) is 4.50. The number of nitriles is 1. The second-order valence-electron chi connectivity index (χ2n) is 6.67. The standard InChI is InChI=1S/C17H21ClN2O2/c1-10(21)12-6-14(18)13(7-19)15(16(12)22-5)11-8-20(9-11)17(2,3)4/h6,11H,8-9H2,1-5H3. The highest BCUT2D eigenvalue weighted by Crippen LogP contribution is 2.42. The van der Waals surface area contributed by atoms with Gasteiger partial charge in [0.15, 0.2) is 5.78 Å². The van der Waals surface area contributed by atoms with E-state index in [0.717, 1.165) is 18.7 Å². The highest BCUT2D eigenvalue weighted by molar-refractivity contribution is 6.32. The smallest absolute Gasteiger partial charge is 0.163 e. The highest BCUT2D eigenvalue weighted by Gasteiger charge is 2.39. The Morgan fingerprint density at radius 3 is 2.45 bits per heavy atom. The lowest BCUT2D eigenvalue weighted by Crippen LogP contribution is -2.54. The summed E-state index contributed by atoms with van der Waals surface area (Å²) in [4.78, 5) is 14.2. The zero-order valence-corrected chi connectivity index (χ0v) is 14.4. The summed E-state index contributed by atoms with van der Waals surface area (Å²) < 4.78 is 5.46. The molecule has 1 aliphatic heterocycles. The fourth-order valence-electron chi connectivity index (χ4n) is 2.85. The number of ketones is 1. The monoisotopic (exact) mass is 320 g/mol. The van der Waals surface area contributed by atoms with Crippen LogP contribution in [0, 0.1) is 11.3 Å². The molecular weight excluding hydrogens is 300 g/mol. The first-order chi connectivity index (χ1) is 10.2. The van der Waals surface area contributed by atoms with E-state index in [1.54, 1.807) is 0 Å². The van der Waals surface area contributed by atoms with E-state index in [4.69, 9.17) is 16.3 Å². The van der Waals surface area contributed by atoms with E-state index in [1.165, 1.54) is 20.1 Å². The first kappa shape index (κ1) is 16.8. The van der Waals surface area contributed by atoms with Crippen molar-refractivity contribution in [3.63, 3.8) is 0 Å². The predicted octanol–water partition coefficient (Wildman–Crippen LogP) is 3.62. The quantitative estimate of drug-likeness (QED) is 0.798. The van der Waals surface area contributed by atoms with Gasteiger partial charge in [-0.05, 0) is 33.8 Å². The van der Waals surface area contributed by atoms with E-state index < -0.39 is 0 Å². The van der Waals surface area contributed by atoms with Crippen LogP contribution in [0.1, 0.15) is 55.1 Å². The van der Waals surface area contributed by atoms with Crippen LogP contribution < -0.4 is 4.74 Å². The Hall–Kier alpha value is -1.57. The molecule has 4 nitrogen and oxygen atoms in total. The van der Waals surface area contributed by atoms with E-state index >= 15 is 0 Å². The number of rotatable bonds is 3. The first-order valence-electron chi connectivity index (χ1n) is 7.27. The highest BCUT2D eigenvalue weighted by atomic mass is 35.5. The van der Waals surface area contributed by atoms with Crippen LogP contribution in [0.5, 0.6) is 5.75 Å². The van der Waals surface area contributed by atoms with Crippen LogP contribution in [0.2, 0.25) is 5.02 Å². The van der Waals surface area contributed by atoms with Gasteiger partial charge in [-0.1, -0.05) is 11.6 Å². The van der Waals surface area contributed by atoms with Gasteiger partial charge >= 0.3 is 0 Å². The number of methoxy groups -OCH3 is 1. The normalized spacial score (nSPS) is 16.0. The van der Waals surface area contributed by atoms with Crippen LogP contribution in [-0.2, 0) is 0 Å². The Balaban J connectivity index is 2.51. The van der Waals surface area contributed by atoms with Gasteiger partial charge in [0.05, 0.1) is 23.3 Å². The van der Waals surface area contributed by atoms with Crippen molar-refractivity contribution in [3.05, 3.63) is 27.8 Å². The number of Topliss-reactive ketones (excluding diaryl/α,β-unsaturated/α-hetero) is 1. The lowest BCUT2D eigenvalue weighted by molar-refractivity contribution is 0.0460. The van der Waals surface area contributed by atoms with Crippen molar-refractivity contribution in [2.45, 2.75) is 39.2 Å². The maximum atomic E-state index is 11.8. The molecule has 0 radical (unpaired) electrons. The van der Waals surface area contributed by atoms with Crippen LogP contribution >= 0.6 is 11.6 Å². The minimum Gasteiger partial charge on any atom is -0.496 e. The van der Waals surface area contributed by atoms with Gasteiger partial charge in [0.2, 0.25) is 0 Å².